The summed E-state index contributed by atoms with van der Waals surface area (Å²) in [5.74, 6) is 0.576. The SMILES string of the molecule is CC(C)c1cccc2c1NC[C@@H](N)C2. The van der Waals surface area contributed by atoms with E-state index in [4.69, 9.17) is 5.73 Å². The first-order valence-corrected chi connectivity index (χ1v) is 5.29. The Morgan fingerprint density at radius 2 is 2.21 bits per heavy atom. The first-order valence-electron chi connectivity index (χ1n) is 5.29. The Bertz CT molecular complexity index is 331. The molecule has 1 heterocycles. The summed E-state index contributed by atoms with van der Waals surface area (Å²) >= 11 is 0. The number of rotatable bonds is 1. The molecule has 0 bridgehead atoms. The number of nitrogens with one attached hydrogen (secondary N) is 1. The zero-order chi connectivity index (χ0) is 10.1. The Kier molecular flexibility index (Phi) is 2.46. The number of fused-ring (bicyclic) bond motifs is 1. The molecule has 1 aliphatic heterocycles. The summed E-state index contributed by atoms with van der Waals surface area (Å²) in [6.45, 7) is 5.36. The Hall–Kier alpha value is -1.02. The van der Waals surface area contributed by atoms with Crippen LogP contribution in [-0.4, -0.2) is 12.6 Å². The zero-order valence-electron chi connectivity index (χ0n) is 8.88. The van der Waals surface area contributed by atoms with Crippen molar-refractivity contribution in [2.45, 2.75) is 32.2 Å². The molecule has 0 saturated heterocycles. The van der Waals surface area contributed by atoms with Crippen LogP contribution >= 0.6 is 0 Å². The van der Waals surface area contributed by atoms with Crippen molar-refractivity contribution in [2.24, 2.45) is 5.73 Å². The third kappa shape index (κ3) is 1.62. The Morgan fingerprint density at radius 1 is 1.43 bits per heavy atom. The Balaban J connectivity index is 2.41. The second-order valence-electron chi connectivity index (χ2n) is 4.38. The molecule has 1 atom stereocenters. The van der Waals surface area contributed by atoms with E-state index in [9.17, 15) is 0 Å². The van der Waals surface area contributed by atoms with Crippen molar-refractivity contribution in [3.05, 3.63) is 29.3 Å². The third-order valence-electron chi connectivity index (χ3n) is 2.83. The van der Waals surface area contributed by atoms with Gasteiger partial charge in [-0.25, -0.2) is 0 Å². The molecule has 2 heteroatoms. The van der Waals surface area contributed by atoms with Gasteiger partial charge in [0.05, 0.1) is 0 Å². The van der Waals surface area contributed by atoms with Crippen LogP contribution in [0.1, 0.15) is 30.9 Å². The molecule has 0 fully saturated rings. The average Bonchev–Trinajstić information content (AvgIpc) is 2.16. The normalized spacial score (nSPS) is 20.4. The van der Waals surface area contributed by atoms with Crippen LogP contribution in [0.5, 0.6) is 0 Å². The Morgan fingerprint density at radius 3 is 2.93 bits per heavy atom. The van der Waals surface area contributed by atoms with Gasteiger partial charge in [-0.05, 0) is 23.5 Å². The monoisotopic (exact) mass is 190 g/mol. The van der Waals surface area contributed by atoms with Crippen LogP contribution in [-0.2, 0) is 6.42 Å². The minimum atomic E-state index is 0.268. The molecule has 0 saturated carbocycles. The summed E-state index contributed by atoms with van der Waals surface area (Å²) in [5, 5.41) is 3.44. The third-order valence-corrected chi connectivity index (χ3v) is 2.83. The second kappa shape index (κ2) is 3.62. The molecular weight excluding hydrogens is 172 g/mol. The first kappa shape index (κ1) is 9.53. The Labute approximate surface area is 85.5 Å². The smallest absolute Gasteiger partial charge is 0.0409 e. The van der Waals surface area contributed by atoms with E-state index in [1.54, 1.807) is 0 Å². The maximum Gasteiger partial charge on any atom is 0.0409 e. The molecule has 2 rings (SSSR count). The lowest BCUT2D eigenvalue weighted by Gasteiger charge is -2.26. The molecular formula is C12H18N2. The summed E-state index contributed by atoms with van der Waals surface area (Å²) < 4.78 is 0. The molecule has 0 spiro atoms. The second-order valence-corrected chi connectivity index (χ2v) is 4.38. The minimum absolute atomic E-state index is 0.268. The van der Waals surface area contributed by atoms with Gasteiger partial charge in [0.15, 0.2) is 0 Å². The van der Waals surface area contributed by atoms with Crippen LogP contribution in [0.3, 0.4) is 0 Å². The number of para-hydroxylation sites is 1. The maximum atomic E-state index is 5.91. The highest BCUT2D eigenvalue weighted by atomic mass is 14.9. The highest BCUT2D eigenvalue weighted by Crippen LogP contribution is 2.30. The van der Waals surface area contributed by atoms with Crippen molar-refractivity contribution in [1.82, 2.24) is 0 Å². The van der Waals surface area contributed by atoms with Crippen molar-refractivity contribution in [3.8, 4) is 0 Å². The van der Waals surface area contributed by atoms with Gasteiger partial charge >= 0.3 is 0 Å². The lowest BCUT2D eigenvalue weighted by molar-refractivity contribution is 0.675. The fourth-order valence-electron chi connectivity index (χ4n) is 2.07. The van der Waals surface area contributed by atoms with Gasteiger partial charge in [0.25, 0.3) is 0 Å². The van der Waals surface area contributed by atoms with Crippen LogP contribution in [0.2, 0.25) is 0 Å². The van der Waals surface area contributed by atoms with Crippen molar-refractivity contribution < 1.29 is 0 Å². The molecule has 0 amide bonds. The van der Waals surface area contributed by atoms with Crippen molar-refractivity contribution in [1.29, 1.82) is 0 Å². The van der Waals surface area contributed by atoms with Gasteiger partial charge in [-0.1, -0.05) is 32.0 Å². The van der Waals surface area contributed by atoms with Crippen LogP contribution in [0, 0.1) is 0 Å². The van der Waals surface area contributed by atoms with Crippen LogP contribution in [0.15, 0.2) is 18.2 Å². The number of benzene rings is 1. The van der Waals surface area contributed by atoms with Crippen LogP contribution in [0.4, 0.5) is 5.69 Å². The molecule has 3 N–H and O–H groups in total. The molecule has 14 heavy (non-hydrogen) atoms. The molecule has 1 aromatic carbocycles. The van der Waals surface area contributed by atoms with Crippen LogP contribution < -0.4 is 11.1 Å². The predicted octanol–water partition coefficient (Wildman–Crippen LogP) is 2.11. The summed E-state index contributed by atoms with van der Waals surface area (Å²) in [4.78, 5) is 0. The lowest BCUT2D eigenvalue weighted by Crippen LogP contribution is -2.35. The molecule has 1 aliphatic rings. The molecule has 2 nitrogen and oxygen atoms in total. The van der Waals surface area contributed by atoms with Gasteiger partial charge in [0.1, 0.15) is 0 Å². The lowest BCUT2D eigenvalue weighted by atomic mass is 9.92. The highest BCUT2D eigenvalue weighted by Gasteiger charge is 2.18. The molecule has 0 aromatic heterocycles. The number of nitrogens with two attached hydrogens (primary N) is 1. The van der Waals surface area contributed by atoms with Gasteiger partial charge in [-0.2, -0.15) is 0 Å². The van der Waals surface area contributed by atoms with Gasteiger partial charge in [-0.15, -0.1) is 0 Å². The van der Waals surface area contributed by atoms with E-state index in [0.717, 1.165) is 13.0 Å². The molecule has 76 valence electrons. The first-order chi connectivity index (χ1) is 6.68. The summed E-state index contributed by atoms with van der Waals surface area (Å²) in [6.07, 6.45) is 1.00. The zero-order valence-corrected chi connectivity index (χ0v) is 8.88. The summed E-state index contributed by atoms with van der Waals surface area (Å²) in [6, 6.07) is 6.78. The van der Waals surface area contributed by atoms with E-state index in [0.29, 0.717) is 5.92 Å². The summed E-state index contributed by atoms with van der Waals surface area (Å²) in [5.41, 5.74) is 10.0. The largest absolute Gasteiger partial charge is 0.383 e. The standard InChI is InChI=1S/C12H18N2/c1-8(2)11-5-3-4-9-6-10(13)7-14-12(9)11/h3-5,8,10,14H,6-7,13H2,1-2H3/t10-/m0/s1. The van der Waals surface area contributed by atoms with E-state index < -0.39 is 0 Å². The molecule has 0 aliphatic carbocycles. The fraction of sp³-hybridized carbons (Fsp3) is 0.500. The molecule has 0 radical (unpaired) electrons. The number of hydrogen-bond acceptors (Lipinski definition) is 2. The molecule has 1 aromatic rings. The van der Waals surface area contributed by atoms with E-state index in [-0.39, 0.29) is 6.04 Å². The van der Waals surface area contributed by atoms with Gasteiger partial charge in [0, 0.05) is 18.3 Å². The fourth-order valence-corrected chi connectivity index (χ4v) is 2.07. The van der Waals surface area contributed by atoms with Crippen molar-refractivity contribution >= 4 is 5.69 Å². The quantitative estimate of drug-likeness (QED) is 0.711. The van der Waals surface area contributed by atoms with Crippen molar-refractivity contribution in [2.75, 3.05) is 11.9 Å². The van der Waals surface area contributed by atoms with Gasteiger partial charge in [-0.3, -0.25) is 0 Å². The summed E-state index contributed by atoms with van der Waals surface area (Å²) in [7, 11) is 0. The average molecular weight is 190 g/mol. The predicted molar refractivity (Wildman–Crippen MR) is 60.7 cm³/mol. The highest BCUT2D eigenvalue weighted by molar-refractivity contribution is 5.60. The number of hydrogen-bond donors (Lipinski definition) is 2. The van der Waals surface area contributed by atoms with E-state index >= 15 is 0 Å². The molecule has 0 unspecified atom stereocenters. The maximum absolute atomic E-state index is 5.91. The van der Waals surface area contributed by atoms with E-state index in [2.05, 4.69) is 37.4 Å². The van der Waals surface area contributed by atoms with Gasteiger partial charge in [0.2, 0.25) is 0 Å². The topological polar surface area (TPSA) is 38.0 Å². The van der Waals surface area contributed by atoms with Crippen LogP contribution in [0.25, 0.3) is 0 Å². The minimum Gasteiger partial charge on any atom is -0.383 e. The van der Waals surface area contributed by atoms with Crippen molar-refractivity contribution in [3.63, 3.8) is 0 Å². The van der Waals surface area contributed by atoms with Gasteiger partial charge < -0.3 is 11.1 Å². The van der Waals surface area contributed by atoms with E-state index in [1.165, 1.54) is 16.8 Å². The number of anilines is 1. The van der Waals surface area contributed by atoms with E-state index in [1.807, 2.05) is 0 Å².